The molecule has 1 fully saturated rings. The molecule has 3 N–H and O–H groups in total. The Morgan fingerprint density at radius 3 is 2.48 bits per heavy atom. The van der Waals surface area contributed by atoms with Crippen LogP contribution in [0.2, 0.25) is 0 Å². The van der Waals surface area contributed by atoms with E-state index in [4.69, 9.17) is 4.98 Å². The molecule has 0 amide bonds. The summed E-state index contributed by atoms with van der Waals surface area (Å²) in [6.07, 6.45) is 5.57. The first-order valence-corrected chi connectivity index (χ1v) is 14.3. The van der Waals surface area contributed by atoms with Crippen LogP contribution in [0.5, 0.6) is 0 Å². The zero-order chi connectivity index (χ0) is 28.6. The van der Waals surface area contributed by atoms with Crippen molar-refractivity contribution in [3.05, 3.63) is 58.8 Å². The van der Waals surface area contributed by atoms with Crippen LogP contribution in [-0.2, 0) is 6.54 Å². The van der Waals surface area contributed by atoms with Crippen LogP contribution in [-0.4, -0.2) is 37.2 Å². The quantitative estimate of drug-likeness (QED) is 0.179. The van der Waals surface area contributed by atoms with Crippen LogP contribution in [0.15, 0.2) is 24.4 Å². The monoisotopic (exact) mass is 570 g/mol. The van der Waals surface area contributed by atoms with Crippen LogP contribution in [0.3, 0.4) is 0 Å². The zero-order valence-electron chi connectivity index (χ0n) is 23.0. The molecular weight excluding hydrogens is 537 g/mol. The van der Waals surface area contributed by atoms with Crippen LogP contribution in [0.1, 0.15) is 69.3 Å². The van der Waals surface area contributed by atoms with Gasteiger partial charge in [-0.2, -0.15) is 4.98 Å². The Labute approximate surface area is 235 Å². The Kier molecular flexibility index (Phi) is 7.96. The third kappa shape index (κ3) is 6.05. The van der Waals surface area contributed by atoms with Gasteiger partial charge in [0.1, 0.15) is 33.8 Å². The second-order valence-electron chi connectivity index (χ2n) is 10.9. The van der Waals surface area contributed by atoms with Gasteiger partial charge >= 0.3 is 0 Å². The Morgan fingerprint density at radius 2 is 1.82 bits per heavy atom. The van der Waals surface area contributed by atoms with E-state index >= 15 is 0 Å². The number of aromatic nitrogens is 4. The minimum atomic E-state index is -0.983. The number of halogens is 3. The smallest absolute Gasteiger partial charge is 0.225 e. The minimum absolute atomic E-state index is 0.0723. The van der Waals surface area contributed by atoms with Crippen LogP contribution >= 0.6 is 11.3 Å². The van der Waals surface area contributed by atoms with Gasteiger partial charge in [-0.05, 0) is 52.0 Å². The summed E-state index contributed by atoms with van der Waals surface area (Å²) in [5.41, 5.74) is 2.16. The van der Waals surface area contributed by atoms with Gasteiger partial charge < -0.3 is 15.7 Å². The van der Waals surface area contributed by atoms with E-state index in [1.54, 1.807) is 11.3 Å². The number of thiazole rings is 1. The highest BCUT2D eigenvalue weighted by molar-refractivity contribution is 7.21. The third-order valence-corrected chi connectivity index (χ3v) is 8.45. The molecular formula is C29H33F3N6OS. The van der Waals surface area contributed by atoms with Gasteiger partial charge in [0.05, 0.1) is 27.3 Å². The second kappa shape index (κ2) is 11.3. The Morgan fingerprint density at radius 1 is 1.10 bits per heavy atom. The number of benzene rings is 1. The Balaban J connectivity index is 1.48. The summed E-state index contributed by atoms with van der Waals surface area (Å²) >= 11 is 1.54. The lowest BCUT2D eigenvalue weighted by atomic mass is 9.86. The highest BCUT2D eigenvalue weighted by Gasteiger charge is 2.29. The average molecular weight is 571 g/mol. The van der Waals surface area contributed by atoms with E-state index in [2.05, 4.69) is 25.6 Å². The molecule has 5 rings (SSSR count). The molecule has 1 aromatic carbocycles. The van der Waals surface area contributed by atoms with E-state index in [-0.39, 0.29) is 24.0 Å². The van der Waals surface area contributed by atoms with Crippen molar-refractivity contribution in [3.8, 4) is 10.6 Å². The summed E-state index contributed by atoms with van der Waals surface area (Å²) in [5.74, 6) is -1.73. The van der Waals surface area contributed by atoms with E-state index in [0.717, 1.165) is 45.7 Å². The van der Waals surface area contributed by atoms with Gasteiger partial charge in [0.15, 0.2) is 0 Å². The van der Waals surface area contributed by atoms with Crippen molar-refractivity contribution in [2.45, 2.75) is 71.4 Å². The fraction of sp³-hybridized carbons (Fsp3) is 0.448. The highest BCUT2D eigenvalue weighted by atomic mass is 32.1. The van der Waals surface area contributed by atoms with E-state index in [0.29, 0.717) is 42.5 Å². The summed E-state index contributed by atoms with van der Waals surface area (Å²) in [4.78, 5) is 18.8. The maximum atomic E-state index is 14.2. The number of hydrogen-bond donors (Lipinski definition) is 3. The molecule has 7 nitrogen and oxygen atoms in total. The molecule has 212 valence electrons. The largest absolute Gasteiger partial charge is 0.390 e. The predicted molar refractivity (Wildman–Crippen MR) is 152 cm³/mol. The number of pyridine rings is 1. The molecule has 0 bridgehead atoms. The molecule has 0 spiro atoms. The number of anilines is 2. The molecule has 1 saturated carbocycles. The second-order valence-corrected chi connectivity index (χ2v) is 11.9. The molecule has 1 aliphatic carbocycles. The molecule has 1 aliphatic rings. The normalized spacial score (nSPS) is 14.5. The van der Waals surface area contributed by atoms with E-state index in [1.165, 1.54) is 0 Å². The van der Waals surface area contributed by atoms with Crippen molar-refractivity contribution >= 4 is 33.3 Å². The van der Waals surface area contributed by atoms with E-state index in [9.17, 15) is 18.3 Å². The number of nitrogens with one attached hydrogen (secondary N) is 2. The highest BCUT2D eigenvalue weighted by Crippen LogP contribution is 2.44. The van der Waals surface area contributed by atoms with E-state index in [1.807, 2.05) is 40.0 Å². The number of nitrogens with zero attached hydrogens (tertiary/aromatic N) is 4. The van der Waals surface area contributed by atoms with Crippen molar-refractivity contribution in [2.24, 2.45) is 5.92 Å². The summed E-state index contributed by atoms with van der Waals surface area (Å²) in [5, 5.41) is 17.6. The zero-order valence-corrected chi connectivity index (χ0v) is 23.8. The summed E-state index contributed by atoms with van der Waals surface area (Å²) in [6.45, 7) is 7.78. The number of rotatable bonds is 11. The molecule has 4 aromatic rings. The van der Waals surface area contributed by atoms with Crippen molar-refractivity contribution in [1.82, 2.24) is 19.9 Å². The number of fused-ring (bicyclic) bond motifs is 1. The number of hydrogen-bond acceptors (Lipinski definition) is 8. The van der Waals surface area contributed by atoms with Crippen LogP contribution in [0, 0.1) is 30.3 Å². The summed E-state index contributed by atoms with van der Waals surface area (Å²) < 4.78 is 42.8. The molecule has 40 heavy (non-hydrogen) atoms. The maximum absolute atomic E-state index is 14.2. The van der Waals surface area contributed by atoms with Gasteiger partial charge in [-0.25, -0.2) is 23.1 Å². The van der Waals surface area contributed by atoms with Crippen molar-refractivity contribution < 1.29 is 18.3 Å². The molecule has 3 aromatic heterocycles. The number of aliphatic hydroxyl groups is 1. The molecule has 0 aliphatic heterocycles. The van der Waals surface area contributed by atoms with Gasteiger partial charge in [-0.3, -0.25) is 4.98 Å². The molecule has 1 unspecified atom stereocenters. The SMILES string of the molecule is CCC(CCNc1nc(NCc2c(F)cc(F)cc2F)nc(C)c1-c1nc2c(C3CC3)nccc2s1)C(C)(C)O. The fourth-order valence-corrected chi connectivity index (χ4v) is 6.07. The van der Waals surface area contributed by atoms with Crippen LogP contribution < -0.4 is 10.6 Å². The first-order chi connectivity index (χ1) is 19.0. The molecule has 11 heteroatoms. The molecule has 0 radical (unpaired) electrons. The first-order valence-electron chi connectivity index (χ1n) is 13.5. The van der Waals surface area contributed by atoms with Gasteiger partial charge in [0, 0.05) is 42.9 Å². The van der Waals surface area contributed by atoms with Gasteiger partial charge in [-0.1, -0.05) is 13.3 Å². The predicted octanol–water partition coefficient (Wildman–Crippen LogP) is 6.96. The Hall–Kier alpha value is -3.31. The standard InChI is InChI=1S/C29H33F3N6OS/c1-5-17(29(3,4)39)8-10-34-26-23(27-37-25-22(40-27)9-11-33-24(25)16-6-7-16)15(2)36-28(38-26)35-14-19-20(31)12-18(30)13-21(19)32/h9,11-13,16-17,39H,5-8,10,14H2,1-4H3,(H2,34,35,36,38). The van der Waals surface area contributed by atoms with Gasteiger partial charge in [-0.15, -0.1) is 11.3 Å². The Bertz CT molecular complexity index is 1510. The summed E-state index contributed by atoms with van der Waals surface area (Å²) in [6, 6.07) is 3.25. The van der Waals surface area contributed by atoms with Crippen LogP contribution in [0.25, 0.3) is 20.8 Å². The topological polar surface area (TPSA) is 95.9 Å². The minimum Gasteiger partial charge on any atom is -0.390 e. The van der Waals surface area contributed by atoms with Gasteiger partial charge in [0.2, 0.25) is 5.95 Å². The van der Waals surface area contributed by atoms with Crippen molar-refractivity contribution in [3.63, 3.8) is 0 Å². The average Bonchev–Trinajstić information content (AvgIpc) is 3.63. The maximum Gasteiger partial charge on any atom is 0.225 e. The first kappa shape index (κ1) is 28.2. The van der Waals surface area contributed by atoms with Crippen LogP contribution in [0.4, 0.5) is 24.9 Å². The number of aryl methyl sites for hydroxylation is 1. The van der Waals surface area contributed by atoms with E-state index < -0.39 is 23.1 Å². The molecule has 0 saturated heterocycles. The van der Waals surface area contributed by atoms with Crippen molar-refractivity contribution in [1.29, 1.82) is 0 Å². The van der Waals surface area contributed by atoms with Gasteiger partial charge in [0.25, 0.3) is 0 Å². The molecule has 3 heterocycles. The lowest BCUT2D eigenvalue weighted by Gasteiger charge is -2.28. The third-order valence-electron chi connectivity index (χ3n) is 7.41. The molecule has 1 atom stereocenters. The fourth-order valence-electron chi connectivity index (χ4n) is 5.00. The lowest BCUT2D eigenvalue weighted by molar-refractivity contribution is 0.0130. The lowest BCUT2D eigenvalue weighted by Crippen LogP contribution is -2.31. The van der Waals surface area contributed by atoms with Crippen molar-refractivity contribution in [2.75, 3.05) is 17.2 Å². The summed E-state index contributed by atoms with van der Waals surface area (Å²) in [7, 11) is 0.